The van der Waals surface area contributed by atoms with Gasteiger partial charge in [0.15, 0.2) is 0 Å². The largest absolute Gasteiger partial charge is 0.350 e. The summed E-state index contributed by atoms with van der Waals surface area (Å²) in [5.74, 6) is -0.843. The SMILES string of the molecule is Cc1ccc(CN(C(=O)CN(c2ccccc2Cl)S(C)(=O)=O)[C@@H](C)C(=O)NC(C)(C)C)cc1. The van der Waals surface area contributed by atoms with Crippen molar-refractivity contribution in [2.45, 2.75) is 52.7 Å². The van der Waals surface area contributed by atoms with Crippen molar-refractivity contribution >= 4 is 39.1 Å². The first kappa shape index (κ1) is 26.7. The maximum Gasteiger partial charge on any atom is 0.244 e. The van der Waals surface area contributed by atoms with Gasteiger partial charge in [0.2, 0.25) is 21.8 Å². The lowest BCUT2D eigenvalue weighted by atomic mass is 10.1. The van der Waals surface area contributed by atoms with Gasteiger partial charge in [-0.1, -0.05) is 53.6 Å². The molecule has 33 heavy (non-hydrogen) atoms. The maximum atomic E-state index is 13.5. The molecule has 1 N–H and O–H groups in total. The van der Waals surface area contributed by atoms with Gasteiger partial charge in [0.05, 0.1) is 17.0 Å². The zero-order valence-electron chi connectivity index (χ0n) is 19.9. The number of anilines is 1. The second kappa shape index (κ2) is 10.6. The van der Waals surface area contributed by atoms with Gasteiger partial charge >= 0.3 is 0 Å². The number of hydrogen-bond acceptors (Lipinski definition) is 4. The number of nitrogens with one attached hydrogen (secondary N) is 1. The van der Waals surface area contributed by atoms with E-state index in [2.05, 4.69) is 5.32 Å². The molecule has 2 aromatic rings. The number of carbonyl (C=O) groups is 2. The normalized spacial score (nSPS) is 12.7. The van der Waals surface area contributed by atoms with Crippen LogP contribution in [0.3, 0.4) is 0 Å². The lowest BCUT2D eigenvalue weighted by Gasteiger charge is -2.33. The lowest BCUT2D eigenvalue weighted by Crippen LogP contribution is -2.54. The molecule has 180 valence electrons. The average Bonchev–Trinajstić information content (AvgIpc) is 2.69. The third-order valence-electron chi connectivity index (χ3n) is 4.94. The molecular weight excluding hydrogens is 462 g/mol. The third-order valence-corrected chi connectivity index (χ3v) is 6.39. The summed E-state index contributed by atoms with van der Waals surface area (Å²) in [5.41, 5.74) is 1.61. The smallest absolute Gasteiger partial charge is 0.244 e. The van der Waals surface area contributed by atoms with Crippen molar-refractivity contribution in [1.82, 2.24) is 10.2 Å². The van der Waals surface area contributed by atoms with Crippen LogP contribution in [0.2, 0.25) is 5.02 Å². The minimum atomic E-state index is -3.82. The van der Waals surface area contributed by atoms with Crippen LogP contribution in [-0.2, 0) is 26.2 Å². The Labute approximate surface area is 201 Å². The second-order valence-electron chi connectivity index (χ2n) is 9.14. The molecule has 0 aromatic heterocycles. The van der Waals surface area contributed by atoms with Gasteiger partial charge in [-0.15, -0.1) is 0 Å². The van der Waals surface area contributed by atoms with E-state index < -0.39 is 34.1 Å². The predicted molar refractivity (Wildman–Crippen MR) is 133 cm³/mol. The van der Waals surface area contributed by atoms with Gasteiger partial charge in [-0.05, 0) is 52.3 Å². The van der Waals surface area contributed by atoms with Crippen molar-refractivity contribution in [3.05, 3.63) is 64.7 Å². The van der Waals surface area contributed by atoms with Gasteiger partial charge in [-0.25, -0.2) is 8.42 Å². The van der Waals surface area contributed by atoms with Crippen LogP contribution in [0.5, 0.6) is 0 Å². The number of para-hydroxylation sites is 1. The van der Waals surface area contributed by atoms with E-state index in [9.17, 15) is 18.0 Å². The number of nitrogens with zero attached hydrogens (tertiary/aromatic N) is 2. The van der Waals surface area contributed by atoms with Crippen LogP contribution in [0.25, 0.3) is 0 Å². The third kappa shape index (κ3) is 7.75. The molecule has 0 bridgehead atoms. The van der Waals surface area contributed by atoms with Crippen LogP contribution in [0, 0.1) is 6.92 Å². The fraction of sp³-hybridized carbons (Fsp3) is 0.417. The molecule has 2 rings (SSSR count). The Morgan fingerprint density at radius 3 is 2.15 bits per heavy atom. The zero-order valence-corrected chi connectivity index (χ0v) is 21.5. The van der Waals surface area contributed by atoms with Crippen molar-refractivity contribution in [3.8, 4) is 0 Å². The molecule has 2 amide bonds. The Morgan fingerprint density at radius 2 is 1.64 bits per heavy atom. The van der Waals surface area contributed by atoms with Crippen LogP contribution < -0.4 is 9.62 Å². The molecule has 0 spiro atoms. The number of aryl methyl sites for hydroxylation is 1. The van der Waals surface area contributed by atoms with E-state index in [1.807, 2.05) is 52.0 Å². The van der Waals surface area contributed by atoms with Crippen molar-refractivity contribution in [2.75, 3.05) is 17.1 Å². The Balaban J connectivity index is 2.41. The fourth-order valence-corrected chi connectivity index (χ4v) is 4.34. The summed E-state index contributed by atoms with van der Waals surface area (Å²) >= 11 is 6.22. The standard InChI is InChI=1S/C24H32ClN3O4S/c1-17-11-13-19(14-12-17)15-27(18(2)23(30)26-24(3,4)5)22(29)16-28(33(6,31)32)21-10-8-7-9-20(21)25/h7-14,18H,15-16H2,1-6H3,(H,26,30)/t18-/m0/s1. The number of carbonyl (C=O) groups excluding carboxylic acids is 2. The van der Waals surface area contributed by atoms with E-state index in [0.717, 1.165) is 21.7 Å². The van der Waals surface area contributed by atoms with E-state index in [-0.39, 0.29) is 23.2 Å². The first-order chi connectivity index (χ1) is 15.2. The van der Waals surface area contributed by atoms with Crippen LogP contribution in [0.4, 0.5) is 5.69 Å². The van der Waals surface area contributed by atoms with Gasteiger partial charge < -0.3 is 10.2 Å². The van der Waals surface area contributed by atoms with Gasteiger partial charge in [-0.3, -0.25) is 13.9 Å². The predicted octanol–water partition coefficient (Wildman–Crippen LogP) is 3.75. The van der Waals surface area contributed by atoms with Crippen LogP contribution >= 0.6 is 11.6 Å². The van der Waals surface area contributed by atoms with E-state index in [1.54, 1.807) is 25.1 Å². The van der Waals surface area contributed by atoms with Crippen molar-refractivity contribution in [3.63, 3.8) is 0 Å². The highest BCUT2D eigenvalue weighted by Gasteiger charge is 2.31. The van der Waals surface area contributed by atoms with Crippen molar-refractivity contribution < 1.29 is 18.0 Å². The Hall–Kier alpha value is -2.58. The summed E-state index contributed by atoms with van der Waals surface area (Å²) in [5, 5.41) is 3.10. The van der Waals surface area contributed by atoms with E-state index in [0.29, 0.717) is 0 Å². The highest BCUT2D eigenvalue weighted by Crippen LogP contribution is 2.27. The average molecular weight is 494 g/mol. The molecule has 0 aliphatic heterocycles. The van der Waals surface area contributed by atoms with E-state index in [1.165, 1.54) is 11.0 Å². The molecule has 9 heteroatoms. The molecular formula is C24H32ClN3O4S. The molecule has 1 atom stereocenters. The summed E-state index contributed by atoms with van der Waals surface area (Å²) in [6.07, 6.45) is 1.02. The molecule has 0 saturated heterocycles. The molecule has 0 fully saturated rings. The fourth-order valence-electron chi connectivity index (χ4n) is 3.20. The van der Waals surface area contributed by atoms with Gasteiger partial charge in [0.25, 0.3) is 0 Å². The minimum absolute atomic E-state index is 0.151. The molecule has 0 unspecified atom stereocenters. The van der Waals surface area contributed by atoms with Gasteiger partial charge in [0.1, 0.15) is 12.6 Å². The minimum Gasteiger partial charge on any atom is -0.350 e. The molecule has 7 nitrogen and oxygen atoms in total. The number of halogens is 1. The molecule has 0 saturated carbocycles. The van der Waals surface area contributed by atoms with Crippen molar-refractivity contribution in [1.29, 1.82) is 0 Å². The van der Waals surface area contributed by atoms with E-state index in [4.69, 9.17) is 11.6 Å². The quantitative estimate of drug-likeness (QED) is 0.606. The molecule has 0 aliphatic rings. The van der Waals surface area contributed by atoms with Crippen molar-refractivity contribution in [2.24, 2.45) is 0 Å². The zero-order chi connectivity index (χ0) is 25.0. The highest BCUT2D eigenvalue weighted by molar-refractivity contribution is 7.92. The molecule has 0 aliphatic carbocycles. The first-order valence-corrected chi connectivity index (χ1v) is 12.8. The Kier molecular flexibility index (Phi) is 8.54. The molecule has 0 heterocycles. The lowest BCUT2D eigenvalue weighted by molar-refractivity contribution is -0.140. The van der Waals surface area contributed by atoms with Crippen LogP contribution in [0.15, 0.2) is 48.5 Å². The number of benzene rings is 2. The first-order valence-electron chi connectivity index (χ1n) is 10.6. The summed E-state index contributed by atoms with van der Waals surface area (Å²) in [6.45, 7) is 8.82. The number of rotatable bonds is 8. The van der Waals surface area contributed by atoms with E-state index >= 15 is 0 Å². The summed E-state index contributed by atoms with van der Waals surface area (Å²) in [7, 11) is -3.82. The van der Waals surface area contributed by atoms with Crippen LogP contribution in [-0.4, -0.2) is 49.5 Å². The van der Waals surface area contributed by atoms with Gasteiger partial charge in [0, 0.05) is 12.1 Å². The maximum absolute atomic E-state index is 13.5. The summed E-state index contributed by atoms with van der Waals surface area (Å²) in [4.78, 5) is 27.8. The van der Waals surface area contributed by atoms with Crippen LogP contribution in [0.1, 0.15) is 38.8 Å². The number of amides is 2. The molecule has 0 radical (unpaired) electrons. The summed E-state index contributed by atoms with van der Waals surface area (Å²) in [6, 6.07) is 13.2. The number of sulfonamides is 1. The molecule has 2 aromatic carbocycles. The monoisotopic (exact) mass is 493 g/mol. The topological polar surface area (TPSA) is 86.8 Å². The number of hydrogen-bond donors (Lipinski definition) is 1. The Bertz CT molecular complexity index is 1100. The Morgan fingerprint density at radius 1 is 1.06 bits per heavy atom. The summed E-state index contributed by atoms with van der Waals surface area (Å²) < 4.78 is 26.1. The van der Waals surface area contributed by atoms with Gasteiger partial charge in [-0.2, -0.15) is 0 Å². The second-order valence-corrected chi connectivity index (χ2v) is 11.5. The highest BCUT2D eigenvalue weighted by atomic mass is 35.5.